The van der Waals surface area contributed by atoms with E-state index < -0.39 is 0 Å². The molecule has 8 aromatic carbocycles. The maximum atomic E-state index is 6.18. The summed E-state index contributed by atoms with van der Waals surface area (Å²) in [5.74, 6) is 0.597. The van der Waals surface area contributed by atoms with E-state index in [9.17, 15) is 0 Å². The first kappa shape index (κ1) is 41.4. The van der Waals surface area contributed by atoms with Gasteiger partial charge >= 0.3 is 0 Å². The topological polar surface area (TPSA) is 55.7 Å². The third kappa shape index (κ3) is 8.73. The maximum absolute atomic E-state index is 6.18. The van der Waals surface area contributed by atoms with Crippen LogP contribution >= 0.6 is 0 Å². The molecule has 4 heteroatoms. The van der Waals surface area contributed by atoms with Gasteiger partial charge in [-0.2, -0.15) is 0 Å². The molecule has 9 aromatic rings. The summed E-state index contributed by atoms with van der Waals surface area (Å²) < 4.78 is 2.39. The Balaban J connectivity index is 1.16. The van der Waals surface area contributed by atoms with Gasteiger partial charge < -0.3 is 10.3 Å². The zero-order valence-electron chi connectivity index (χ0n) is 36.1. The molecule has 4 nitrogen and oxygen atoms in total. The Bertz CT molecular complexity index is 3150. The third-order valence-electron chi connectivity index (χ3n) is 11.9. The molecule has 1 heterocycles. The van der Waals surface area contributed by atoms with E-state index in [1.807, 2.05) is 24.3 Å². The lowest BCUT2D eigenvalue weighted by Crippen LogP contribution is -2.11. The highest BCUT2D eigenvalue weighted by Gasteiger charge is 2.18. The molecular formula is C60H50N4. The van der Waals surface area contributed by atoms with Crippen molar-refractivity contribution in [1.82, 2.24) is 4.57 Å². The van der Waals surface area contributed by atoms with Crippen LogP contribution in [0, 0.1) is 0 Å². The standard InChI is InChI=1S/C60H50N4/c1-3-5-18-43(4-2)55(49-37-39-52(40-38-49)64-57-27-16-15-25-54(57)59-53(26-17-28-58(59)64)48-23-13-8-14-24-48)41-56(50-33-29-46(30-34-50)44-19-9-6-10-20-44)63-60(62-42-61)51-35-31-47(32-36-51)45-21-11-7-12-22-45/h3,5-40H,1,4,41-42,61H2,2H3/b18-5-,55-43+,62-60?,63-56?. The van der Waals surface area contributed by atoms with E-state index in [2.05, 4.69) is 218 Å². The van der Waals surface area contributed by atoms with Crippen molar-refractivity contribution in [2.24, 2.45) is 15.7 Å². The molecule has 0 aliphatic heterocycles. The predicted octanol–water partition coefficient (Wildman–Crippen LogP) is 14.9. The molecule has 0 spiro atoms. The molecule has 0 aliphatic rings. The summed E-state index contributed by atoms with van der Waals surface area (Å²) in [5, 5.41) is 2.48. The second-order valence-electron chi connectivity index (χ2n) is 15.7. The molecule has 0 amide bonds. The number of hydrogen-bond acceptors (Lipinski definition) is 2. The molecule has 310 valence electrons. The predicted molar refractivity (Wildman–Crippen MR) is 273 cm³/mol. The van der Waals surface area contributed by atoms with Crippen molar-refractivity contribution in [3.8, 4) is 39.1 Å². The lowest BCUT2D eigenvalue weighted by atomic mass is 9.90. The summed E-state index contributed by atoms with van der Waals surface area (Å²) in [6.45, 7) is 6.33. The molecule has 2 N–H and O–H groups in total. The van der Waals surface area contributed by atoms with E-state index in [4.69, 9.17) is 15.7 Å². The highest BCUT2D eigenvalue weighted by atomic mass is 15.0. The summed E-state index contributed by atoms with van der Waals surface area (Å²) in [6, 6.07) is 73.1. The van der Waals surface area contributed by atoms with Crippen molar-refractivity contribution >= 4 is 38.9 Å². The molecule has 9 rings (SSSR count). The number of nitrogens with two attached hydrogens (primary N) is 1. The molecule has 0 saturated heterocycles. The van der Waals surface area contributed by atoms with Crippen LogP contribution in [0.4, 0.5) is 0 Å². The first-order valence-electron chi connectivity index (χ1n) is 22.0. The van der Waals surface area contributed by atoms with Crippen molar-refractivity contribution < 1.29 is 0 Å². The smallest absolute Gasteiger partial charge is 0.156 e. The molecule has 0 atom stereocenters. The number of rotatable bonds is 13. The Labute approximate surface area is 376 Å². The van der Waals surface area contributed by atoms with Crippen LogP contribution in [0.1, 0.15) is 36.5 Å². The molecule has 0 fully saturated rings. The van der Waals surface area contributed by atoms with Crippen molar-refractivity contribution in [2.45, 2.75) is 19.8 Å². The molecule has 64 heavy (non-hydrogen) atoms. The van der Waals surface area contributed by atoms with Crippen molar-refractivity contribution in [3.05, 3.63) is 253 Å². The summed E-state index contributed by atoms with van der Waals surface area (Å²) in [6.07, 6.45) is 7.42. The summed E-state index contributed by atoms with van der Waals surface area (Å²) >= 11 is 0. The van der Waals surface area contributed by atoms with E-state index in [1.54, 1.807) is 0 Å². The molecular weight excluding hydrogens is 777 g/mol. The lowest BCUT2D eigenvalue weighted by Gasteiger charge is -2.17. The lowest BCUT2D eigenvalue weighted by molar-refractivity contribution is 1.06. The van der Waals surface area contributed by atoms with Crippen molar-refractivity contribution in [3.63, 3.8) is 0 Å². The Hall–Kier alpha value is -7.92. The fourth-order valence-corrected chi connectivity index (χ4v) is 8.69. The zero-order chi connectivity index (χ0) is 43.7. The van der Waals surface area contributed by atoms with E-state index in [0.29, 0.717) is 12.3 Å². The van der Waals surface area contributed by atoms with Crippen LogP contribution in [0.3, 0.4) is 0 Å². The minimum absolute atomic E-state index is 0.113. The monoisotopic (exact) mass is 826 g/mol. The van der Waals surface area contributed by atoms with Crippen LogP contribution in [0.25, 0.3) is 66.4 Å². The number of benzene rings is 8. The van der Waals surface area contributed by atoms with Gasteiger partial charge in [0.25, 0.3) is 0 Å². The number of aliphatic imine (C=N–C) groups is 2. The van der Waals surface area contributed by atoms with Gasteiger partial charge in [0.15, 0.2) is 5.84 Å². The average Bonchev–Trinajstić information content (AvgIpc) is 3.71. The van der Waals surface area contributed by atoms with Gasteiger partial charge in [0.2, 0.25) is 0 Å². The van der Waals surface area contributed by atoms with Crippen LogP contribution < -0.4 is 5.73 Å². The van der Waals surface area contributed by atoms with Crippen molar-refractivity contribution in [1.29, 1.82) is 0 Å². The Morgan fingerprint density at radius 1 is 0.547 bits per heavy atom. The molecule has 1 aromatic heterocycles. The van der Waals surface area contributed by atoms with E-state index in [1.165, 1.54) is 49.6 Å². The molecule has 0 bridgehead atoms. The SMILES string of the molecule is C=C/C=C\C(CC)=C(/CC(=NC(=NCN)c1ccc(-c2ccccc2)cc1)c1ccc(-c2ccccc2)cc1)c1ccc(-n2c3ccccc3c3c(-c4ccccc4)cccc32)cc1. The quantitative estimate of drug-likeness (QED) is 0.0703. The molecule has 0 radical (unpaired) electrons. The number of amidine groups is 1. The van der Waals surface area contributed by atoms with Crippen LogP contribution in [-0.2, 0) is 0 Å². The number of fused-ring (bicyclic) bond motifs is 3. The van der Waals surface area contributed by atoms with Crippen LogP contribution in [0.2, 0.25) is 0 Å². The van der Waals surface area contributed by atoms with Crippen LogP contribution in [0.15, 0.2) is 247 Å². The van der Waals surface area contributed by atoms with Gasteiger partial charge in [-0.25, -0.2) is 4.99 Å². The normalized spacial score (nSPS) is 12.5. The fourth-order valence-electron chi connectivity index (χ4n) is 8.69. The first-order chi connectivity index (χ1) is 31.6. The van der Waals surface area contributed by atoms with Crippen LogP contribution in [-0.4, -0.2) is 22.8 Å². The highest BCUT2D eigenvalue weighted by molar-refractivity contribution is 6.17. The van der Waals surface area contributed by atoms with E-state index in [0.717, 1.165) is 51.2 Å². The minimum atomic E-state index is 0.113. The minimum Gasteiger partial charge on any atom is -0.312 e. The largest absolute Gasteiger partial charge is 0.312 e. The van der Waals surface area contributed by atoms with Crippen molar-refractivity contribution in [2.75, 3.05) is 6.67 Å². The highest BCUT2D eigenvalue weighted by Crippen LogP contribution is 2.39. The third-order valence-corrected chi connectivity index (χ3v) is 11.9. The maximum Gasteiger partial charge on any atom is 0.156 e. The zero-order valence-corrected chi connectivity index (χ0v) is 36.1. The average molecular weight is 827 g/mol. The second kappa shape index (κ2) is 19.4. The van der Waals surface area contributed by atoms with Gasteiger partial charge in [0, 0.05) is 28.4 Å². The van der Waals surface area contributed by atoms with E-state index >= 15 is 0 Å². The first-order valence-corrected chi connectivity index (χ1v) is 22.0. The molecule has 0 saturated carbocycles. The Morgan fingerprint density at radius 3 is 1.67 bits per heavy atom. The van der Waals surface area contributed by atoms with E-state index in [-0.39, 0.29) is 6.67 Å². The number of nitrogens with zero attached hydrogens (tertiary/aromatic N) is 3. The summed E-state index contributed by atoms with van der Waals surface area (Å²) in [5.41, 5.74) is 23.0. The van der Waals surface area contributed by atoms with Crippen LogP contribution in [0.5, 0.6) is 0 Å². The molecule has 0 unspecified atom stereocenters. The number of hydrogen-bond donors (Lipinski definition) is 1. The molecule has 0 aliphatic carbocycles. The van der Waals surface area contributed by atoms with Gasteiger partial charge in [0.05, 0.1) is 23.4 Å². The number of para-hydroxylation sites is 1. The summed E-state index contributed by atoms with van der Waals surface area (Å²) in [7, 11) is 0. The number of allylic oxidation sites excluding steroid dienone is 5. The van der Waals surface area contributed by atoms with Gasteiger partial charge in [0.1, 0.15) is 0 Å². The Kier molecular flexibility index (Phi) is 12.6. The second-order valence-corrected chi connectivity index (χ2v) is 15.7. The van der Waals surface area contributed by atoms with Gasteiger partial charge in [-0.3, -0.25) is 4.99 Å². The Morgan fingerprint density at radius 2 is 1.08 bits per heavy atom. The number of aromatic nitrogens is 1. The van der Waals surface area contributed by atoms with Gasteiger partial charge in [-0.15, -0.1) is 0 Å². The summed E-state index contributed by atoms with van der Waals surface area (Å²) in [4.78, 5) is 10.2. The van der Waals surface area contributed by atoms with Gasteiger partial charge in [-0.1, -0.05) is 214 Å². The fraction of sp³-hybridized carbons (Fsp3) is 0.0667. The van der Waals surface area contributed by atoms with Gasteiger partial charge in [-0.05, 0) is 86.3 Å².